The Kier molecular flexibility index (Phi) is 5.08. The Hall–Kier alpha value is -3.12. The van der Waals surface area contributed by atoms with E-state index in [9.17, 15) is 9.59 Å². The van der Waals surface area contributed by atoms with Gasteiger partial charge < -0.3 is 14.4 Å². The zero-order valence-corrected chi connectivity index (χ0v) is 20.6. The highest BCUT2D eigenvalue weighted by atomic mass is 16.6. The Morgan fingerprint density at radius 2 is 1.94 bits per heavy atom. The molecule has 182 valence electrons. The highest BCUT2D eigenvalue weighted by Gasteiger charge is 2.75. The van der Waals surface area contributed by atoms with E-state index in [0.717, 1.165) is 37.1 Å². The Morgan fingerprint density at radius 3 is 2.71 bits per heavy atom. The smallest absolute Gasteiger partial charge is 0.303 e. The Bertz CT molecular complexity index is 1210. The monoisotopic (exact) mass is 472 g/mol. The molecule has 2 unspecified atom stereocenters. The van der Waals surface area contributed by atoms with Gasteiger partial charge in [-0.3, -0.25) is 14.5 Å². The summed E-state index contributed by atoms with van der Waals surface area (Å²) in [6.07, 6.45) is 6.34. The zero-order chi connectivity index (χ0) is 24.4. The summed E-state index contributed by atoms with van der Waals surface area (Å²) in [5.41, 5.74) is 2.37. The second kappa shape index (κ2) is 7.95. The molecular formula is C29H32N2O4. The molecule has 2 heterocycles. The van der Waals surface area contributed by atoms with Crippen molar-refractivity contribution < 1.29 is 19.1 Å². The number of rotatable bonds is 4. The van der Waals surface area contributed by atoms with E-state index in [1.807, 2.05) is 54.4 Å². The number of carbonyl (C=O) groups excluding carboxylic acids is 2. The molecule has 0 aromatic heterocycles. The quantitative estimate of drug-likeness (QED) is 0.503. The topological polar surface area (TPSA) is 59.1 Å². The molecule has 2 fully saturated rings. The van der Waals surface area contributed by atoms with Gasteiger partial charge in [0.25, 0.3) is 0 Å². The number of amides is 1. The first-order valence-electron chi connectivity index (χ1n) is 12.6. The lowest BCUT2D eigenvalue weighted by molar-refractivity contribution is -0.220. The summed E-state index contributed by atoms with van der Waals surface area (Å²) < 4.78 is 13.1. The van der Waals surface area contributed by atoms with Crippen molar-refractivity contribution in [2.75, 3.05) is 20.6 Å². The molecule has 0 radical (unpaired) electrons. The highest BCUT2D eigenvalue weighted by molar-refractivity contribution is 5.92. The normalized spacial score (nSPS) is 32.6. The molecule has 1 saturated heterocycles. The number of likely N-dealkylation sites (tertiary alicyclic amines) is 1. The summed E-state index contributed by atoms with van der Waals surface area (Å²) in [6.45, 7) is 2.42. The number of carbonyl (C=O) groups is 2. The SMILES string of the molecule is CC(=O)O[C@@]12CCC(N(C)C(=O)/C=C/c3ccccc3)C3Oc4cccc5c4[C@@]31CCN(C)[C@@H]2C5. The van der Waals surface area contributed by atoms with Crippen LogP contribution in [0.3, 0.4) is 0 Å². The van der Waals surface area contributed by atoms with Gasteiger partial charge in [-0.25, -0.2) is 0 Å². The van der Waals surface area contributed by atoms with Crippen LogP contribution >= 0.6 is 0 Å². The van der Waals surface area contributed by atoms with Crippen LogP contribution in [0.4, 0.5) is 0 Å². The van der Waals surface area contributed by atoms with Crippen molar-refractivity contribution in [3.05, 3.63) is 71.3 Å². The van der Waals surface area contributed by atoms with Crippen LogP contribution < -0.4 is 4.74 Å². The summed E-state index contributed by atoms with van der Waals surface area (Å²) in [5, 5.41) is 0. The van der Waals surface area contributed by atoms with Gasteiger partial charge in [-0.1, -0.05) is 42.5 Å². The minimum atomic E-state index is -0.656. The standard InChI is InChI=1S/C29H32N2O4/c1-19(32)35-29-15-14-22(31(3)25(33)13-12-20-8-5-4-6-9-20)27-28(29)16-17-30(2)24(29)18-21-10-7-11-23(34-27)26(21)28/h4-13,22,24,27H,14-18H2,1-3H3/b13-12+/t22?,24-,27?,28+,29-/m1/s1. The average molecular weight is 473 g/mol. The number of benzene rings is 2. The van der Waals surface area contributed by atoms with Gasteiger partial charge in [0.1, 0.15) is 17.5 Å². The first-order chi connectivity index (χ1) is 16.9. The fourth-order valence-electron chi connectivity index (χ4n) is 7.54. The molecule has 35 heavy (non-hydrogen) atoms. The number of esters is 1. The molecule has 1 amide bonds. The molecule has 0 N–H and O–H groups in total. The van der Waals surface area contributed by atoms with Gasteiger partial charge in [-0.2, -0.15) is 0 Å². The molecule has 1 spiro atoms. The van der Waals surface area contributed by atoms with E-state index in [1.165, 1.54) is 18.1 Å². The molecule has 1 saturated carbocycles. The molecule has 4 aliphatic rings. The van der Waals surface area contributed by atoms with Crippen LogP contribution in [-0.2, 0) is 26.2 Å². The van der Waals surface area contributed by atoms with Gasteiger partial charge in [0.2, 0.25) is 5.91 Å². The second-order valence-electron chi connectivity index (χ2n) is 10.5. The predicted molar refractivity (Wildman–Crippen MR) is 133 cm³/mol. The number of likely N-dealkylation sites (N-methyl/N-ethyl adjacent to an activating group) is 2. The number of hydrogen-bond donors (Lipinski definition) is 0. The fraction of sp³-hybridized carbons (Fsp3) is 0.448. The van der Waals surface area contributed by atoms with Gasteiger partial charge in [-0.05, 0) is 62.5 Å². The minimum Gasteiger partial charge on any atom is -0.487 e. The predicted octanol–water partition coefficient (Wildman–Crippen LogP) is 3.58. The van der Waals surface area contributed by atoms with Crippen LogP contribution in [0.5, 0.6) is 5.75 Å². The van der Waals surface area contributed by atoms with Crippen molar-refractivity contribution in [3.8, 4) is 5.75 Å². The molecule has 2 bridgehead atoms. The van der Waals surface area contributed by atoms with E-state index < -0.39 is 11.0 Å². The Labute approximate surface area is 206 Å². The van der Waals surface area contributed by atoms with E-state index in [-0.39, 0.29) is 30.1 Å². The summed E-state index contributed by atoms with van der Waals surface area (Å²) in [6, 6.07) is 16.1. The second-order valence-corrected chi connectivity index (χ2v) is 10.5. The largest absolute Gasteiger partial charge is 0.487 e. The van der Waals surface area contributed by atoms with E-state index in [2.05, 4.69) is 24.1 Å². The van der Waals surface area contributed by atoms with Crippen LogP contribution in [0, 0.1) is 0 Å². The van der Waals surface area contributed by atoms with Crippen molar-refractivity contribution in [3.63, 3.8) is 0 Å². The fourth-order valence-corrected chi connectivity index (χ4v) is 7.54. The van der Waals surface area contributed by atoms with Gasteiger partial charge in [0.15, 0.2) is 0 Å². The van der Waals surface area contributed by atoms with Gasteiger partial charge in [0, 0.05) is 25.6 Å². The van der Waals surface area contributed by atoms with Crippen molar-refractivity contribution >= 4 is 18.0 Å². The maximum atomic E-state index is 13.3. The molecule has 6 heteroatoms. The van der Waals surface area contributed by atoms with Crippen LogP contribution in [0.25, 0.3) is 6.08 Å². The van der Waals surface area contributed by atoms with Crippen LogP contribution in [0.1, 0.15) is 42.9 Å². The summed E-state index contributed by atoms with van der Waals surface area (Å²) in [4.78, 5) is 30.0. The van der Waals surface area contributed by atoms with Gasteiger partial charge >= 0.3 is 5.97 Å². The summed E-state index contributed by atoms with van der Waals surface area (Å²) >= 11 is 0. The van der Waals surface area contributed by atoms with E-state index in [4.69, 9.17) is 9.47 Å². The minimum absolute atomic E-state index is 0.0460. The van der Waals surface area contributed by atoms with E-state index in [1.54, 1.807) is 6.08 Å². The Morgan fingerprint density at radius 1 is 1.14 bits per heavy atom. The maximum Gasteiger partial charge on any atom is 0.303 e. The molecule has 2 aromatic carbocycles. The number of ether oxygens (including phenoxy) is 2. The summed E-state index contributed by atoms with van der Waals surface area (Å²) in [5.74, 6) is 0.597. The third kappa shape index (κ3) is 3.05. The number of hydrogen-bond acceptors (Lipinski definition) is 5. The van der Waals surface area contributed by atoms with Crippen LogP contribution in [0.2, 0.25) is 0 Å². The van der Waals surface area contributed by atoms with Gasteiger partial charge in [0.05, 0.1) is 17.5 Å². The number of nitrogens with zero attached hydrogens (tertiary/aromatic N) is 2. The van der Waals surface area contributed by atoms with E-state index >= 15 is 0 Å². The van der Waals surface area contributed by atoms with Crippen molar-refractivity contribution in [1.29, 1.82) is 0 Å². The van der Waals surface area contributed by atoms with Crippen LogP contribution in [-0.4, -0.2) is 66.1 Å². The molecule has 2 aromatic rings. The van der Waals surface area contributed by atoms with Crippen LogP contribution in [0.15, 0.2) is 54.6 Å². The van der Waals surface area contributed by atoms with E-state index in [0.29, 0.717) is 6.42 Å². The lowest BCUT2D eigenvalue weighted by Gasteiger charge is -2.65. The van der Waals surface area contributed by atoms with Gasteiger partial charge in [-0.15, -0.1) is 0 Å². The Balaban J connectivity index is 1.42. The van der Waals surface area contributed by atoms with Crippen molar-refractivity contribution in [1.82, 2.24) is 9.80 Å². The molecular weight excluding hydrogens is 440 g/mol. The highest BCUT2D eigenvalue weighted by Crippen LogP contribution is 2.65. The molecule has 2 aliphatic heterocycles. The molecule has 6 rings (SSSR count). The third-order valence-electron chi connectivity index (χ3n) is 8.95. The molecule has 6 nitrogen and oxygen atoms in total. The van der Waals surface area contributed by atoms with Crippen molar-refractivity contribution in [2.45, 2.75) is 61.8 Å². The average Bonchev–Trinajstić information content (AvgIpc) is 3.19. The third-order valence-corrected chi connectivity index (χ3v) is 8.95. The maximum absolute atomic E-state index is 13.3. The van der Waals surface area contributed by atoms with Crippen molar-refractivity contribution in [2.24, 2.45) is 0 Å². The zero-order valence-electron chi connectivity index (χ0n) is 20.6. The first-order valence-corrected chi connectivity index (χ1v) is 12.6. The first kappa shape index (κ1) is 22.4. The molecule has 5 atom stereocenters. The lowest BCUT2D eigenvalue weighted by Crippen LogP contribution is -2.78. The molecule has 2 aliphatic carbocycles. The lowest BCUT2D eigenvalue weighted by atomic mass is 9.48. The summed E-state index contributed by atoms with van der Waals surface area (Å²) in [7, 11) is 4.01. The number of piperidine rings is 1.